The quantitative estimate of drug-likeness (QED) is 0.779. The van der Waals surface area contributed by atoms with Gasteiger partial charge in [0.2, 0.25) is 10.0 Å². The van der Waals surface area contributed by atoms with E-state index in [4.69, 9.17) is 10.5 Å². The second-order valence-corrected chi connectivity index (χ2v) is 4.71. The van der Waals surface area contributed by atoms with Gasteiger partial charge in [-0.1, -0.05) is 6.07 Å². The molecule has 0 saturated heterocycles. The third kappa shape index (κ3) is 3.06. The van der Waals surface area contributed by atoms with Gasteiger partial charge >= 0.3 is 0 Å². The van der Waals surface area contributed by atoms with Crippen molar-refractivity contribution < 1.29 is 8.42 Å². The number of hydrogen-bond donors (Lipinski definition) is 1. The first kappa shape index (κ1) is 12.2. The van der Waals surface area contributed by atoms with Gasteiger partial charge in [0.05, 0.1) is 22.6 Å². The predicted octanol–water partition coefficient (Wildman–Crippen LogP) is 0.750. The minimum Gasteiger partial charge on any atom is -0.210 e. The van der Waals surface area contributed by atoms with E-state index in [1.54, 1.807) is 0 Å². The maximum atomic E-state index is 11.6. The standard InChI is InChI=1S/C10H9N3O2S/c11-5-2-6-13-16(14,15)10-4-1-3-9(7-10)8-12/h1,3-4,7,13H,2,6H2. The molecule has 82 valence electrons. The molecule has 0 heterocycles. The van der Waals surface area contributed by atoms with E-state index in [0.717, 1.165) is 0 Å². The highest BCUT2D eigenvalue weighted by Crippen LogP contribution is 2.10. The average Bonchev–Trinajstić information content (AvgIpc) is 2.29. The van der Waals surface area contributed by atoms with Gasteiger partial charge in [0.25, 0.3) is 0 Å². The molecule has 0 aliphatic heterocycles. The molecule has 1 aromatic rings. The molecule has 16 heavy (non-hydrogen) atoms. The third-order valence-electron chi connectivity index (χ3n) is 1.80. The van der Waals surface area contributed by atoms with E-state index in [0.29, 0.717) is 0 Å². The summed E-state index contributed by atoms with van der Waals surface area (Å²) in [5.74, 6) is 0. The van der Waals surface area contributed by atoms with Crippen LogP contribution in [-0.4, -0.2) is 15.0 Å². The Hall–Kier alpha value is -1.89. The van der Waals surface area contributed by atoms with Crippen molar-refractivity contribution in [3.63, 3.8) is 0 Å². The largest absolute Gasteiger partial charge is 0.240 e. The van der Waals surface area contributed by atoms with Gasteiger partial charge in [-0.15, -0.1) is 0 Å². The van der Waals surface area contributed by atoms with E-state index < -0.39 is 10.0 Å². The number of nitrogens with one attached hydrogen (secondary N) is 1. The lowest BCUT2D eigenvalue weighted by Gasteiger charge is -2.04. The average molecular weight is 235 g/mol. The lowest BCUT2D eigenvalue weighted by Crippen LogP contribution is -2.24. The zero-order chi connectivity index (χ0) is 12.0. The van der Waals surface area contributed by atoms with Gasteiger partial charge < -0.3 is 0 Å². The van der Waals surface area contributed by atoms with Crippen molar-refractivity contribution in [1.82, 2.24) is 4.72 Å². The first-order valence-corrected chi connectivity index (χ1v) is 5.95. The molecule has 0 amide bonds. The van der Waals surface area contributed by atoms with Crippen LogP contribution in [0, 0.1) is 22.7 Å². The third-order valence-corrected chi connectivity index (χ3v) is 3.26. The predicted molar refractivity (Wildman–Crippen MR) is 56.6 cm³/mol. The van der Waals surface area contributed by atoms with Crippen LogP contribution in [0.25, 0.3) is 0 Å². The molecule has 0 atom stereocenters. The van der Waals surface area contributed by atoms with Crippen molar-refractivity contribution in [3.8, 4) is 12.1 Å². The molecule has 0 aromatic heterocycles. The molecular formula is C10H9N3O2S. The summed E-state index contributed by atoms with van der Waals surface area (Å²) in [6, 6.07) is 9.40. The highest BCUT2D eigenvalue weighted by atomic mass is 32.2. The Morgan fingerprint density at radius 2 is 2.06 bits per heavy atom. The molecule has 0 spiro atoms. The Kier molecular flexibility index (Phi) is 4.01. The van der Waals surface area contributed by atoms with E-state index in [9.17, 15) is 8.42 Å². The summed E-state index contributed by atoms with van der Waals surface area (Å²) >= 11 is 0. The van der Waals surface area contributed by atoms with Crippen LogP contribution in [0.1, 0.15) is 12.0 Å². The van der Waals surface area contributed by atoms with Crippen molar-refractivity contribution in [3.05, 3.63) is 29.8 Å². The lowest BCUT2D eigenvalue weighted by molar-refractivity contribution is 0.582. The summed E-state index contributed by atoms with van der Waals surface area (Å²) in [5, 5.41) is 16.9. The van der Waals surface area contributed by atoms with E-state index in [-0.39, 0.29) is 23.4 Å². The smallest absolute Gasteiger partial charge is 0.210 e. The molecule has 0 saturated carbocycles. The van der Waals surface area contributed by atoms with Crippen LogP contribution in [0.4, 0.5) is 0 Å². The molecule has 1 aromatic carbocycles. The zero-order valence-electron chi connectivity index (χ0n) is 8.34. The topological polar surface area (TPSA) is 93.8 Å². The molecule has 1 rings (SSSR count). The van der Waals surface area contributed by atoms with Crippen molar-refractivity contribution in [1.29, 1.82) is 10.5 Å². The molecule has 0 unspecified atom stereocenters. The molecule has 0 bridgehead atoms. The Morgan fingerprint density at radius 3 is 2.69 bits per heavy atom. The minimum absolute atomic E-state index is 0.0319. The summed E-state index contributed by atoms with van der Waals surface area (Å²) in [7, 11) is -3.62. The van der Waals surface area contributed by atoms with Crippen LogP contribution >= 0.6 is 0 Å². The normalized spacial score (nSPS) is 10.4. The number of nitrogens with zero attached hydrogens (tertiary/aromatic N) is 2. The maximum absolute atomic E-state index is 11.6. The summed E-state index contributed by atoms with van der Waals surface area (Å²) in [6.07, 6.45) is 0.108. The number of nitriles is 2. The molecule has 1 N–H and O–H groups in total. The fourth-order valence-corrected chi connectivity index (χ4v) is 2.13. The van der Waals surface area contributed by atoms with Crippen LogP contribution in [0.5, 0.6) is 0 Å². The molecule has 0 aliphatic carbocycles. The van der Waals surface area contributed by atoms with Crippen molar-refractivity contribution in [2.75, 3.05) is 6.54 Å². The van der Waals surface area contributed by atoms with Gasteiger partial charge in [0, 0.05) is 13.0 Å². The fourth-order valence-electron chi connectivity index (χ4n) is 1.06. The van der Waals surface area contributed by atoms with Gasteiger partial charge in [0.15, 0.2) is 0 Å². The second kappa shape index (κ2) is 5.26. The summed E-state index contributed by atoms with van der Waals surface area (Å²) < 4.78 is 25.6. The number of rotatable bonds is 4. The van der Waals surface area contributed by atoms with E-state index in [1.165, 1.54) is 24.3 Å². The SMILES string of the molecule is N#CCCNS(=O)(=O)c1cccc(C#N)c1. The molecule has 0 radical (unpaired) electrons. The highest BCUT2D eigenvalue weighted by Gasteiger charge is 2.13. The van der Waals surface area contributed by atoms with Crippen molar-refractivity contribution >= 4 is 10.0 Å². The van der Waals surface area contributed by atoms with Crippen LogP contribution in [0.3, 0.4) is 0 Å². The fraction of sp³-hybridized carbons (Fsp3) is 0.200. The summed E-state index contributed by atoms with van der Waals surface area (Å²) in [6.45, 7) is 0.0651. The van der Waals surface area contributed by atoms with Crippen LogP contribution < -0.4 is 4.72 Å². The molecule has 0 aliphatic rings. The zero-order valence-corrected chi connectivity index (χ0v) is 9.16. The van der Waals surface area contributed by atoms with Crippen molar-refractivity contribution in [2.45, 2.75) is 11.3 Å². The number of sulfonamides is 1. The van der Waals surface area contributed by atoms with Crippen LogP contribution in [0.15, 0.2) is 29.2 Å². The monoisotopic (exact) mass is 235 g/mol. The van der Waals surface area contributed by atoms with Gasteiger partial charge in [-0.05, 0) is 18.2 Å². The second-order valence-electron chi connectivity index (χ2n) is 2.95. The Labute approximate surface area is 94.0 Å². The van der Waals surface area contributed by atoms with E-state index in [2.05, 4.69) is 4.72 Å². The lowest BCUT2D eigenvalue weighted by atomic mass is 10.2. The highest BCUT2D eigenvalue weighted by molar-refractivity contribution is 7.89. The van der Waals surface area contributed by atoms with E-state index >= 15 is 0 Å². The molecular weight excluding hydrogens is 226 g/mol. The van der Waals surface area contributed by atoms with E-state index in [1.807, 2.05) is 12.1 Å². The van der Waals surface area contributed by atoms with Crippen molar-refractivity contribution in [2.24, 2.45) is 0 Å². The summed E-state index contributed by atoms with van der Waals surface area (Å²) in [4.78, 5) is 0.0319. The summed E-state index contributed by atoms with van der Waals surface area (Å²) in [5.41, 5.74) is 0.281. The minimum atomic E-state index is -3.62. The first-order chi connectivity index (χ1) is 7.60. The Bertz CT molecular complexity index is 552. The first-order valence-electron chi connectivity index (χ1n) is 4.47. The molecule has 0 fully saturated rings. The number of benzene rings is 1. The number of hydrogen-bond acceptors (Lipinski definition) is 4. The Balaban J connectivity index is 2.91. The maximum Gasteiger partial charge on any atom is 0.240 e. The Morgan fingerprint density at radius 1 is 1.31 bits per heavy atom. The van der Waals surface area contributed by atoms with Gasteiger partial charge in [0.1, 0.15) is 0 Å². The van der Waals surface area contributed by atoms with Gasteiger partial charge in [-0.2, -0.15) is 10.5 Å². The van der Waals surface area contributed by atoms with Crippen LogP contribution in [-0.2, 0) is 10.0 Å². The van der Waals surface area contributed by atoms with Crippen LogP contribution in [0.2, 0.25) is 0 Å². The van der Waals surface area contributed by atoms with Gasteiger partial charge in [-0.25, -0.2) is 13.1 Å². The molecule has 6 heteroatoms. The molecule has 5 nitrogen and oxygen atoms in total. The van der Waals surface area contributed by atoms with Gasteiger partial charge in [-0.3, -0.25) is 0 Å².